The third kappa shape index (κ3) is 3.26. The average Bonchev–Trinajstić information content (AvgIpc) is 2.59. The number of carbonyl (C=O) groups is 2. The molecule has 0 unspecified atom stereocenters. The maximum absolute atomic E-state index is 12.1. The van der Waals surface area contributed by atoms with Crippen LogP contribution in [0.2, 0.25) is 5.02 Å². The molecular weight excluding hydrogens is 264 g/mol. The molecule has 1 atom stereocenters. The lowest BCUT2D eigenvalue weighted by Gasteiger charge is -2.13. The highest BCUT2D eigenvalue weighted by Gasteiger charge is 2.37. The van der Waals surface area contributed by atoms with Crippen molar-refractivity contribution in [2.45, 2.75) is 32.9 Å². The van der Waals surface area contributed by atoms with Crippen LogP contribution in [0, 0.1) is 5.92 Å². The van der Waals surface area contributed by atoms with Crippen molar-refractivity contribution in [3.05, 3.63) is 34.9 Å². The summed E-state index contributed by atoms with van der Waals surface area (Å²) in [5.41, 5.74) is 0.887. The number of nitrogens with one attached hydrogen (secondary N) is 1. The van der Waals surface area contributed by atoms with Crippen molar-refractivity contribution in [3.63, 3.8) is 0 Å². The molecule has 0 bridgehead atoms. The largest absolute Gasteiger partial charge is 0.326 e. The van der Waals surface area contributed by atoms with E-state index in [-0.39, 0.29) is 24.5 Å². The highest BCUT2D eigenvalue weighted by molar-refractivity contribution is 6.30. The Morgan fingerprint density at radius 1 is 1.26 bits per heavy atom. The number of imide groups is 1. The summed E-state index contributed by atoms with van der Waals surface area (Å²) in [5.74, 6) is 0.221. The Balaban J connectivity index is 2.06. The van der Waals surface area contributed by atoms with Gasteiger partial charge in [-0.25, -0.2) is 4.79 Å². The molecule has 1 aromatic rings. The van der Waals surface area contributed by atoms with Crippen molar-refractivity contribution in [1.82, 2.24) is 10.2 Å². The summed E-state index contributed by atoms with van der Waals surface area (Å²) in [6.45, 7) is 4.35. The molecule has 4 nitrogen and oxygen atoms in total. The van der Waals surface area contributed by atoms with Crippen LogP contribution < -0.4 is 5.32 Å². The van der Waals surface area contributed by atoms with Gasteiger partial charge in [-0.3, -0.25) is 9.69 Å². The van der Waals surface area contributed by atoms with Crippen molar-refractivity contribution in [2.75, 3.05) is 0 Å². The van der Waals surface area contributed by atoms with Crippen molar-refractivity contribution in [1.29, 1.82) is 0 Å². The molecule has 0 saturated carbocycles. The first kappa shape index (κ1) is 13.9. The quantitative estimate of drug-likeness (QED) is 0.862. The van der Waals surface area contributed by atoms with E-state index in [2.05, 4.69) is 5.32 Å². The van der Waals surface area contributed by atoms with Crippen molar-refractivity contribution >= 4 is 23.5 Å². The molecule has 1 aliphatic rings. The van der Waals surface area contributed by atoms with Crippen LogP contribution in [0.4, 0.5) is 4.79 Å². The van der Waals surface area contributed by atoms with Crippen LogP contribution in [0.15, 0.2) is 24.3 Å². The maximum atomic E-state index is 12.1. The van der Waals surface area contributed by atoms with Crippen LogP contribution in [0.5, 0.6) is 0 Å². The zero-order valence-corrected chi connectivity index (χ0v) is 11.8. The molecule has 1 saturated heterocycles. The van der Waals surface area contributed by atoms with Crippen LogP contribution in [0.1, 0.15) is 25.8 Å². The average molecular weight is 281 g/mol. The van der Waals surface area contributed by atoms with Gasteiger partial charge in [0.2, 0.25) is 0 Å². The summed E-state index contributed by atoms with van der Waals surface area (Å²) in [4.78, 5) is 25.2. The SMILES string of the molecule is CC(C)C[C@H]1NC(=O)N(Cc2ccc(Cl)cc2)C1=O. The Hall–Kier alpha value is -1.55. The summed E-state index contributed by atoms with van der Waals surface area (Å²) >= 11 is 5.81. The van der Waals surface area contributed by atoms with Gasteiger partial charge in [-0.15, -0.1) is 0 Å². The lowest BCUT2D eigenvalue weighted by atomic mass is 10.0. The highest BCUT2D eigenvalue weighted by Crippen LogP contribution is 2.18. The minimum atomic E-state index is -0.389. The Kier molecular flexibility index (Phi) is 4.10. The molecule has 0 spiro atoms. The Bertz CT molecular complexity index is 485. The predicted octanol–water partition coefficient (Wildman–Crippen LogP) is 2.81. The van der Waals surface area contributed by atoms with Gasteiger partial charge in [0.05, 0.1) is 6.54 Å². The smallest absolute Gasteiger partial charge is 0.325 e. The number of benzene rings is 1. The highest BCUT2D eigenvalue weighted by atomic mass is 35.5. The predicted molar refractivity (Wildman–Crippen MR) is 73.8 cm³/mol. The fourth-order valence-corrected chi connectivity index (χ4v) is 2.26. The van der Waals surface area contributed by atoms with Crippen LogP contribution in [0.3, 0.4) is 0 Å². The summed E-state index contributed by atoms with van der Waals surface area (Å²) in [7, 11) is 0. The molecule has 1 heterocycles. The van der Waals surface area contributed by atoms with Crippen molar-refractivity contribution in [2.24, 2.45) is 5.92 Å². The van der Waals surface area contributed by atoms with Gasteiger partial charge in [-0.05, 0) is 30.0 Å². The molecule has 1 aliphatic heterocycles. The fourth-order valence-electron chi connectivity index (χ4n) is 2.13. The number of urea groups is 1. The molecule has 3 amide bonds. The summed E-state index contributed by atoms with van der Waals surface area (Å²) < 4.78 is 0. The lowest BCUT2D eigenvalue weighted by Crippen LogP contribution is -2.31. The lowest BCUT2D eigenvalue weighted by molar-refractivity contribution is -0.128. The van der Waals surface area contributed by atoms with Gasteiger partial charge < -0.3 is 5.32 Å². The Labute approximate surface area is 117 Å². The molecule has 1 aromatic carbocycles. The fraction of sp³-hybridized carbons (Fsp3) is 0.429. The molecule has 102 valence electrons. The zero-order valence-electron chi connectivity index (χ0n) is 11.0. The molecule has 0 radical (unpaired) electrons. The minimum Gasteiger partial charge on any atom is -0.326 e. The first-order valence-corrected chi connectivity index (χ1v) is 6.71. The summed E-state index contributed by atoms with van der Waals surface area (Å²) in [6.07, 6.45) is 0.668. The van der Waals surface area contributed by atoms with Gasteiger partial charge in [0.1, 0.15) is 6.04 Å². The van der Waals surface area contributed by atoms with Gasteiger partial charge >= 0.3 is 6.03 Å². The van der Waals surface area contributed by atoms with E-state index < -0.39 is 0 Å². The molecule has 5 heteroatoms. The minimum absolute atomic E-state index is 0.145. The molecule has 0 aromatic heterocycles. The van der Waals surface area contributed by atoms with Gasteiger partial charge in [-0.1, -0.05) is 37.6 Å². The molecular formula is C14H17ClN2O2. The van der Waals surface area contributed by atoms with E-state index in [1.54, 1.807) is 12.1 Å². The molecule has 1 fully saturated rings. The third-order valence-corrected chi connectivity index (χ3v) is 3.32. The van der Waals surface area contributed by atoms with Crippen molar-refractivity contribution in [3.8, 4) is 0 Å². The second-order valence-electron chi connectivity index (χ2n) is 5.18. The number of hydrogen-bond donors (Lipinski definition) is 1. The molecule has 1 N–H and O–H groups in total. The van der Waals surface area contributed by atoms with E-state index in [1.807, 2.05) is 26.0 Å². The standard InChI is InChI=1S/C14H17ClN2O2/c1-9(2)7-12-13(18)17(14(19)16-12)8-10-3-5-11(15)6-4-10/h3-6,9,12H,7-8H2,1-2H3,(H,16,19)/t12-/m1/s1. The number of halogens is 1. The van der Waals surface area contributed by atoms with Crippen LogP contribution in [0.25, 0.3) is 0 Å². The topological polar surface area (TPSA) is 49.4 Å². The molecule has 19 heavy (non-hydrogen) atoms. The summed E-state index contributed by atoms with van der Waals surface area (Å²) in [6, 6.07) is 6.43. The van der Waals surface area contributed by atoms with Crippen LogP contribution >= 0.6 is 11.6 Å². The van der Waals surface area contributed by atoms with Gasteiger partial charge in [0.15, 0.2) is 0 Å². The normalized spacial score (nSPS) is 19.2. The first-order chi connectivity index (χ1) is 8.97. The summed E-state index contributed by atoms with van der Waals surface area (Å²) in [5, 5.41) is 3.37. The van der Waals surface area contributed by atoms with E-state index in [0.29, 0.717) is 17.4 Å². The number of rotatable bonds is 4. The number of amides is 3. The molecule has 0 aliphatic carbocycles. The van der Waals surface area contributed by atoms with E-state index >= 15 is 0 Å². The van der Waals surface area contributed by atoms with Gasteiger partial charge in [0, 0.05) is 5.02 Å². The van der Waals surface area contributed by atoms with Crippen LogP contribution in [-0.4, -0.2) is 22.9 Å². The second kappa shape index (κ2) is 5.61. The first-order valence-electron chi connectivity index (χ1n) is 6.33. The van der Waals surface area contributed by atoms with E-state index in [1.165, 1.54) is 4.90 Å². The Morgan fingerprint density at radius 3 is 2.47 bits per heavy atom. The Morgan fingerprint density at radius 2 is 1.89 bits per heavy atom. The van der Waals surface area contributed by atoms with Crippen molar-refractivity contribution < 1.29 is 9.59 Å². The number of nitrogens with zero attached hydrogens (tertiary/aromatic N) is 1. The maximum Gasteiger partial charge on any atom is 0.325 e. The monoisotopic (exact) mass is 280 g/mol. The third-order valence-electron chi connectivity index (χ3n) is 3.07. The second-order valence-corrected chi connectivity index (χ2v) is 5.62. The number of hydrogen-bond acceptors (Lipinski definition) is 2. The van der Waals surface area contributed by atoms with Gasteiger partial charge in [-0.2, -0.15) is 0 Å². The number of carbonyl (C=O) groups excluding carboxylic acids is 2. The van der Waals surface area contributed by atoms with E-state index in [0.717, 1.165) is 5.56 Å². The van der Waals surface area contributed by atoms with Crippen LogP contribution in [-0.2, 0) is 11.3 Å². The van der Waals surface area contributed by atoms with Gasteiger partial charge in [0.25, 0.3) is 5.91 Å². The van der Waals surface area contributed by atoms with E-state index in [9.17, 15) is 9.59 Å². The zero-order chi connectivity index (χ0) is 14.0. The molecule has 2 rings (SSSR count). The van der Waals surface area contributed by atoms with E-state index in [4.69, 9.17) is 11.6 Å².